The third-order valence-corrected chi connectivity index (χ3v) is 3.51. The van der Waals surface area contributed by atoms with Gasteiger partial charge in [0.15, 0.2) is 0 Å². The van der Waals surface area contributed by atoms with E-state index in [0.29, 0.717) is 36.8 Å². The summed E-state index contributed by atoms with van der Waals surface area (Å²) in [6.07, 6.45) is -0.0661. The second-order valence-electron chi connectivity index (χ2n) is 4.44. The van der Waals surface area contributed by atoms with Crippen LogP contribution in [0.15, 0.2) is 18.2 Å². The molecule has 2 rings (SSSR count). The fourth-order valence-corrected chi connectivity index (χ4v) is 2.14. The lowest BCUT2D eigenvalue weighted by Gasteiger charge is -2.32. The molecule has 0 aliphatic carbocycles. The van der Waals surface area contributed by atoms with Crippen molar-refractivity contribution in [2.75, 3.05) is 26.2 Å². The van der Waals surface area contributed by atoms with Gasteiger partial charge in [-0.15, -0.1) is 12.4 Å². The number of rotatable bonds is 2. The summed E-state index contributed by atoms with van der Waals surface area (Å²) in [6, 6.07) is 5.37. The molecule has 106 valence electrons. The van der Waals surface area contributed by atoms with Gasteiger partial charge in [-0.1, -0.05) is 17.7 Å². The topological polar surface area (TPSA) is 55.6 Å². The molecule has 0 aromatic heterocycles. The van der Waals surface area contributed by atoms with E-state index in [0.717, 1.165) is 5.56 Å². The van der Waals surface area contributed by atoms with E-state index in [1.807, 2.05) is 13.0 Å². The fraction of sp³-hybridized carbons (Fsp3) is 0.462. The highest BCUT2D eigenvalue weighted by atomic mass is 35.5. The number of halogens is 2. The molecule has 1 amide bonds. The van der Waals surface area contributed by atoms with Crippen molar-refractivity contribution in [3.8, 4) is 0 Å². The second-order valence-corrected chi connectivity index (χ2v) is 4.85. The molecule has 2 N–H and O–H groups in total. The maximum Gasteiger partial charge on any atom is 0.254 e. The van der Waals surface area contributed by atoms with Crippen molar-refractivity contribution >= 4 is 29.9 Å². The number of morpholine rings is 1. The number of amides is 1. The molecule has 1 aromatic rings. The molecule has 0 radical (unpaired) electrons. The third kappa shape index (κ3) is 3.83. The summed E-state index contributed by atoms with van der Waals surface area (Å²) in [5, 5.41) is 0.615. The highest BCUT2D eigenvalue weighted by molar-refractivity contribution is 6.31. The predicted molar refractivity (Wildman–Crippen MR) is 78.1 cm³/mol. The van der Waals surface area contributed by atoms with Gasteiger partial charge in [0, 0.05) is 30.2 Å². The first kappa shape index (κ1) is 16.2. The third-order valence-electron chi connectivity index (χ3n) is 3.11. The first-order valence-electron chi connectivity index (χ1n) is 5.99. The normalized spacial score (nSPS) is 18.9. The Balaban J connectivity index is 0.00000180. The molecule has 1 aromatic carbocycles. The van der Waals surface area contributed by atoms with E-state index in [-0.39, 0.29) is 24.4 Å². The van der Waals surface area contributed by atoms with Gasteiger partial charge in [-0.05, 0) is 24.6 Å². The number of hydrogen-bond acceptors (Lipinski definition) is 3. The molecule has 1 heterocycles. The number of carbonyl (C=O) groups excluding carboxylic acids is 1. The molecule has 4 nitrogen and oxygen atoms in total. The van der Waals surface area contributed by atoms with Gasteiger partial charge in [-0.2, -0.15) is 0 Å². The first-order valence-corrected chi connectivity index (χ1v) is 6.36. The minimum absolute atomic E-state index is 0. The summed E-state index contributed by atoms with van der Waals surface area (Å²) in [7, 11) is 0. The summed E-state index contributed by atoms with van der Waals surface area (Å²) in [5.74, 6) is -0.0151. The Hall–Kier alpha value is -0.810. The van der Waals surface area contributed by atoms with E-state index in [1.165, 1.54) is 0 Å². The maximum atomic E-state index is 12.3. The molecule has 19 heavy (non-hydrogen) atoms. The molecular formula is C13H18Cl2N2O2. The molecule has 1 atom stereocenters. The van der Waals surface area contributed by atoms with Crippen LogP contribution in [-0.4, -0.2) is 43.2 Å². The minimum atomic E-state index is -0.0661. The van der Waals surface area contributed by atoms with Gasteiger partial charge in [0.25, 0.3) is 5.91 Å². The average molecular weight is 305 g/mol. The van der Waals surface area contributed by atoms with Gasteiger partial charge < -0.3 is 15.4 Å². The quantitative estimate of drug-likeness (QED) is 0.907. The number of aryl methyl sites for hydroxylation is 1. The Morgan fingerprint density at radius 2 is 2.32 bits per heavy atom. The van der Waals surface area contributed by atoms with Crippen LogP contribution in [0.5, 0.6) is 0 Å². The largest absolute Gasteiger partial charge is 0.373 e. The number of hydrogen-bond donors (Lipinski definition) is 1. The lowest BCUT2D eigenvalue weighted by Crippen LogP contribution is -2.48. The van der Waals surface area contributed by atoms with Crippen LogP contribution in [0.2, 0.25) is 5.02 Å². The van der Waals surface area contributed by atoms with Crippen LogP contribution in [0.4, 0.5) is 0 Å². The van der Waals surface area contributed by atoms with E-state index >= 15 is 0 Å². The zero-order valence-corrected chi connectivity index (χ0v) is 12.3. The highest BCUT2D eigenvalue weighted by Gasteiger charge is 2.24. The van der Waals surface area contributed by atoms with Crippen LogP contribution in [0, 0.1) is 6.92 Å². The number of nitrogens with zero attached hydrogens (tertiary/aromatic N) is 1. The lowest BCUT2D eigenvalue weighted by molar-refractivity contribution is -0.0167. The van der Waals surface area contributed by atoms with Crippen molar-refractivity contribution < 1.29 is 9.53 Å². The average Bonchev–Trinajstić information content (AvgIpc) is 2.41. The fourth-order valence-electron chi connectivity index (χ4n) is 1.95. The number of carbonyl (C=O) groups is 1. The van der Waals surface area contributed by atoms with Gasteiger partial charge in [0.2, 0.25) is 0 Å². The van der Waals surface area contributed by atoms with Crippen LogP contribution in [0.3, 0.4) is 0 Å². The molecule has 1 aliphatic heterocycles. The van der Waals surface area contributed by atoms with Gasteiger partial charge in [0.05, 0.1) is 12.7 Å². The summed E-state index contributed by atoms with van der Waals surface area (Å²) in [5.41, 5.74) is 7.15. The number of nitrogens with two attached hydrogens (primary N) is 1. The molecule has 0 bridgehead atoms. The SMILES string of the molecule is Cc1ccc(C(=O)N2CCOC(CN)C2)cc1Cl.Cl. The molecule has 1 unspecified atom stereocenters. The second kappa shape index (κ2) is 7.10. The maximum absolute atomic E-state index is 12.3. The Morgan fingerprint density at radius 1 is 1.58 bits per heavy atom. The van der Waals surface area contributed by atoms with E-state index in [2.05, 4.69) is 0 Å². The molecule has 1 fully saturated rings. The summed E-state index contributed by atoms with van der Waals surface area (Å²) >= 11 is 6.04. The van der Waals surface area contributed by atoms with Gasteiger partial charge in [0.1, 0.15) is 0 Å². The van der Waals surface area contributed by atoms with E-state index in [4.69, 9.17) is 22.1 Å². The molecule has 0 saturated carbocycles. The van der Waals surface area contributed by atoms with Gasteiger partial charge in [-0.3, -0.25) is 4.79 Å². The van der Waals surface area contributed by atoms with Gasteiger partial charge >= 0.3 is 0 Å². The zero-order valence-electron chi connectivity index (χ0n) is 10.8. The summed E-state index contributed by atoms with van der Waals surface area (Å²) in [4.78, 5) is 14.1. The molecule has 6 heteroatoms. The predicted octanol–water partition coefficient (Wildman–Crippen LogP) is 1.87. The van der Waals surface area contributed by atoms with Crippen molar-refractivity contribution in [3.63, 3.8) is 0 Å². The van der Waals surface area contributed by atoms with Crippen LogP contribution in [-0.2, 0) is 4.74 Å². The molecule has 0 spiro atoms. The molecule has 1 aliphatic rings. The minimum Gasteiger partial charge on any atom is -0.373 e. The number of ether oxygens (including phenoxy) is 1. The molecular weight excluding hydrogens is 287 g/mol. The van der Waals surface area contributed by atoms with Crippen LogP contribution >= 0.6 is 24.0 Å². The zero-order chi connectivity index (χ0) is 13.1. The smallest absolute Gasteiger partial charge is 0.254 e. The number of benzene rings is 1. The first-order chi connectivity index (χ1) is 8.61. The van der Waals surface area contributed by atoms with Crippen molar-refractivity contribution in [2.24, 2.45) is 5.73 Å². The van der Waals surface area contributed by atoms with E-state index in [1.54, 1.807) is 17.0 Å². The van der Waals surface area contributed by atoms with Crippen LogP contribution < -0.4 is 5.73 Å². The van der Waals surface area contributed by atoms with Crippen molar-refractivity contribution in [1.82, 2.24) is 4.90 Å². The standard InChI is InChI=1S/C13H17ClN2O2.ClH/c1-9-2-3-10(6-12(9)14)13(17)16-4-5-18-11(7-15)8-16;/h2-3,6,11H,4-5,7-8,15H2,1H3;1H. The van der Waals surface area contributed by atoms with Crippen molar-refractivity contribution in [2.45, 2.75) is 13.0 Å². The van der Waals surface area contributed by atoms with Crippen LogP contribution in [0.25, 0.3) is 0 Å². The Kier molecular flexibility index (Phi) is 6.07. The Morgan fingerprint density at radius 3 is 2.95 bits per heavy atom. The van der Waals surface area contributed by atoms with Crippen molar-refractivity contribution in [3.05, 3.63) is 34.3 Å². The van der Waals surface area contributed by atoms with Crippen LogP contribution in [0.1, 0.15) is 15.9 Å². The van der Waals surface area contributed by atoms with Crippen molar-refractivity contribution in [1.29, 1.82) is 0 Å². The molecule has 1 saturated heterocycles. The summed E-state index contributed by atoms with van der Waals surface area (Å²) < 4.78 is 5.44. The van der Waals surface area contributed by atoms with E-state index < -0.39 is 0 Å². The highest BCUT2D eigenvalue weighted by Crippen LogP contribution is 2.18. The Labute approximate surface area is 124 Å². The van der Waals surface area contributed by atoms with E-state index in [9.17, 15) is 4.79 Å². The van der Waals surface area contributed by atoms with Gasteiger partial charge in [-0.25, -0.2) is 0 Å². The lowest BCUT2D eigenvalue weighted by atomic mass is 10.1. The monoisotopic (exact) mass is 304 g/mol. The summed E-state index contributed by atoms with van der Waals surface area (Å²) in [6.45, 7) is 4.02. The Bertz CT molecular complexity index is 454.